The molecule has 0 bridgehead atoms. The van der Waals surface area contributed by atoms with Crippen molar-refractivity contribution in [3.63, 3.8) is 0 Å². The number of nitriles is 1. The lowest BCUT2D eigenvalue weighted by Crippen LogP contribution is -2.20. The van der Waals surface area contributed by atoms with Crippen LogP contribution in [0, 0.1) is 11.3 Å². The summed E-state index contributed by atoms with van der Waals surface area (Å²) in [4.78, 5) is 4.30. The molecule has 4 heteroatoms. The summed E-state index contributed by atoms with van der Waals surface area (Å²) in [6, 6.07) is 9.89. The summed E-state index contributed by atoms with van der Waals surface area (Å²) in [5.41, 5.74) is 1.79. The van der Waals surface area contributed by atoms with Crippen LogP contribution in [0.5, 0.6) is 0 Å². The number of thiazole rings is 1. The summed E-state index contributed by atoms with van der Waals surface area (Å²) in [5, 5.41) is 15.5. The number of nitrogens with one attached hydrogen (secondary N) is 1. The maximum absolute atomic E-state index is 8.99. The molecule has 2 rings (SSSR count). The molecule has 3 nitrogen and oxygen atoms in total. The molecule has 0 radical (unpaired) electrons. The molecule has 18 heavy (non-hydrogen) atoms. The first-order valence-electron chi connectivity index (χ1n) is 5.89. The smallest absolute Gasteiger partial charge is 0.0995 e. The van der Waals surface area contributed by atoms with Crippen LogP contribution in [-0.2, 0) is 6.54 Å². The van der Waals surface area contributed by atoms with Crippen molar-refractivity contribution < 1.29 is 0 Å². The zero-order valence-corrected chi connectivity index (χ0v) is 11.1. The SMILES string of the molecule is CC(CNCc1ccccc1C#N)c1nccs1. The standard InChI is InChI=1S/C14H15N3S/c1-11(14-17-6-7-18-14)9-16-10-13-5-3-2-4-12(13)8-15/h2-7,11,16H,9-10H2,1H3. The first kappa shape index (κ1) is 12.7. The largest absolute Gasteiger partial charge is 0.312 e. The first-order chi connectivity index (χ1) is 8.81. The zero-order valence-electron chi connectivity index (χ0n) is 10.3. The Balaban J connectivity index is 1.87. The van der Waals surface area contributed by atoms with Gasteiger partial charge >= 0.3 is 0 Å². The van der Waals surface area contributed by atoms with Crippen LogP contribution < -0.4 is 5.32 Å². The quantitative estimate of drug-likeness (QED) is 0.896. The number of aromatic nitrogens is 1. The van der Waals surface area contributed by atoms with Crippen LogP contribution in [0.4, 0.5) is 0 Å². The predicted octanol–water partition coefficient (Wildman–Crippen LogP) is 2.91. The molecule has 0 saturated carbocycles. The van der Waals surface area contributed by atoms with Crippen molar-refractivity contribution in [3.05, 3.63) is 52.0 Å². The van der Waals surface area contributed by atoms with Crippen molar-refractivity contribution in [2.24, 2.45) is 0 Å². The number of nitrogens with zero attached hydrogens (tertiary/aromatic N) is 2. The Morgan fingerprint density at radius 3 is 3.00 bits per heavy atom. The van der Waals surface area contributed by atoms with Gasteiger partial charge in [-0.1, -0.05) is 25.1 Å². The molecule has 0 aliphatic heterocycles. The van der Waals surface area contributed by atoms with E-state index in [0.717, 1.165) is 29.2 Å². The van der Waals surface area contributed by atoms with Gasteiger partial charge in [0.25, 0.3) is 0 Å². The monoisotopic (exact) mass is 257 g/mol. The Labute approximate surface area is 111 Å². The van der Waals surface area contributed by atoms with E-state index in [1.165, 1.54) is 0 Å². The van der Waals surface area contributed by atoms with Gasteiger partial charge < -0.3 is 5.32 Å². The van der Waals surface area contributed by atoms with Gasteiger partial charge in [-0.15, -0.1) is 11.3 Å². The second-order valence-electron chi connectivity index (χ2n) is 4.17. The number of hydrogen-bond acceptors (Lipinski definition) is 4. The van der Waals surface area contributed by atoms with Gasteiger partial charge in [0.2, 0.25) is 0 Å². The molecular formula is C14H15N3S. The number of rotatable bonds is 5. The highest BCUT2D eigenvalue weighted by atomic mass is 32.1. The molecule has 1 aromatic heterocycles. The Kier molecular flexibility index (Phi) is 4.46. The van der Waals surface area contributed by atoms with Crippen LogP contribution in [0.25, 0.3) is 0 Å². The van der Waals surface area contributed by atoms with Crippen molar-refractivity contribution in [2.45, 2.75) is 19.4 Å². The minimum atomic E-state index is 0.402. The Hall–Kier alpha value is -1.70. The molecule has 1 N–H and O–H groups in total. The minimum Gasteiger partial charge on any atom is -0.312 e. The van der Waals surface area contributed by atoms with Crippen molar-refractivity contribution in [3.8, 4) is 6.07 Å². The Morgan fingerprint density at radius 2 is 2.28 bits per heavy atom. The van der Waals surface area contributed by atoms with E-state index in [0.29, 0.717) is 5.92 Å². The molecule has 0 aliphatic rings. The van der Waals surface area contributed by atoms with Gasteiger partial charge in [0.15, 0.2) is 0 Å². The van der Waals surface area contributed by atoms with Crippen molar-refractivity contribution in [1.82, 2.24) is 10.3 Å². The summed E-state index contributed by atoms with van der Waals surface area (Å²) in [6.07, 6.45) is 1.83. The van der Waals surface area contributed by atoms with E-state index in [1.807, 2.05) is 35.8 Å². The van der Waals surface area contributed by atoms with Gasteiger partial charge in [-0.25, -0.2) is 4.98 Å². The van der Waals surface area contributed by atoms with E-state index >= 15 is 0 Å². The van der Waals surface area contributed by atoms with Crippen LogP contribution in [0.15, 0.2) is 35.8 Å². The van der Waals surface area contributed by atoms with Gasteiger partial charge in [-0.3, -0.25) is 0 Å². The number of hydrogen-bond donors (Lipinski definition) is 1. The van der Waals surface area contributed by atoms with Crippen molar-refractivity contribution >= 4 is 11.3 Å². The Bertz CT molecular complexity index is 528. The third-order valence-electron chi connectivity index (χ3n) is 2.78. The molecule has 1 unspecified atom stereocenters. The second-order valence-corrected chi connectivity index (χ2v) is 5.10. The van der Waals surface area contributed by atoms with Gasteiger partial charge in [-0.05, 0) is 11.6 Å². The lowest BCUT2D eigenvalue weighted by molar-refractivity contribution is 0.612. The molecule has 0 amide bonds. The molecule has 1 atom stereocenters. The maximum Gasteiger partial charge on any atom is 0.0995 e. The van der Waals surface area contributed by atoms with Gasteiger partial charge in [0.05, 0.1) is 16.6 Å². The normalized spacial score (nSPS) is 12.0. The van der Waals surface area contributed by atoms with E-state index in [9.17, 15) is 0 Å². The third-order valence-corrected chi connectivity index (χ3v) is 3.78. The van der Waals surface area contributed by atoms with E-state index in [-0.39, 0.29) is 0 Å². The molecule has 92 valence electrons. The lowest BCUT2D eigenvalue weighted by Gasteiger charge is -2.10. The summed E-state index contributed by atoms with van der Waals surface area (Å²) >= 11 is 1.68. The fraction of sp³-hybridized carbons (Fsp3) is 0.286. The van der Waals surface area contributed by atoms with Crippen LogP contribution in [0.2, 0.25) is 0 Å². The van der Waals surface area contributed by atoms with Crippen LogP contribution in [0.3, 0.4) is 0 Å². The van der Waals surface area contributed by atoms with E-state index in [1.54, 1.807) is 11.3 Å². The average Bonchev–Trinajstić information content (AvgIpc) is 2.93. The molecule has 0 fully saturated rings. The summed E-state index contributed by atoms with van der Waals surface area (Å²) in [5.74, 6) is 0.402. The Morgan fingerprint density at radius 1 is 1.44 bits per heavy atom. The van der Waals surface area contributed by atoms with E-state index in [4.69, 9.17) is 5.26 Å². The van der Waals surface area contributed by atoms with Crippen molar-refractivity contribution in [2.75, 3.05) is 6.54 Å². The summed E-state index contributed by atoms with van der Waals surface area (Å²) in [7, 11) is 0. The first-order valence-corrected chi connectivity index (χ1v) is 6.77. The molecule has 1 heterocycles. The highest BCUT2D eigenvalue weighted by molar-refractivity contribution is 7.09. The van der Waals surface area contributed by atoms with Crippen LogP contribution >= 0.6 is 11.3 Å². The average molecular weight is 257 g/mol. The molecule has 0 saturated heterocycles. The molecule has 2 aromatic rings. The maximum atomic E-state index is 8.99. The summed E-state index contributed by atoms with van der Waals surface area (Å²) in [6.45, 7) is 3.74. The highest BCUT2D eigenvalue weighted by Gasteiger charge is 2.08. The molecule has 0 aliphatic carbocycles. The minimum absolute atomic E-state index is 0.402. The fourth-order valence-corrected chi connectivity index (χ4v) is 2.47. The van der Waals surface area contributed by atoms with E-state index < -0.39 is 0 Å². The predicted molar refractivity (Wildman–Crippen MR) is 73.4 cm³/mol. The van der Waals surface area contributed by atoms with Crippen LogP contribution in [0.1, 0.15) is 29.0 Å². The third kappa shape index (κ3) is 3.16. The summed E-state index contributed by atoms with van der Waals surface area (Å²) < 4.78 is 0. The second kappa shape index (κ2) is 6.29. The fourth-order valence-electron chi connectivity index (χ4n) is 1.77. The highest BCUT2D eigenvalue weighted by Crippen LogP contribution is 2.16. The topological polar surface area (TPSA) is 48.7 Å². The zero-order chi connectivity index (χ0) is 12.8. The molecular weight excluding hydrogens is 242 g/mol. The molecule has 0 spiro atoms. The van der Waals surface area contributed by atoms with Gasteiger partial charge in [-0.2, -0.15) is 5.26 Å². The van der Waals surface area contributed by atoms with E-state index in [2.05, 4.69) is 23.3 Å². The number of benzene rings is 1. The van der Waals surface area contributed by atoms with Gasteiger partial charge in [0.1, 0.15) is 0 Å². The van der Waals surface area contributed by atoms with Gasteiger partial charge in [0, 0.05) is 30.6 Å². The van der Waals surface area contributed by atoms with Crippen molar-refractivity contribution in [1.29, 1.82) is 5.26 Å². The molecule has 1 aromatic carbocycles. The lowest BCUT2D eigenvalue weighted by atomic mass is 10.1. The van der Waals surface area contributed by atoms with Crippen LogP contribution in [-0.4, -0.2) is 11.5 Å².